The predicted molar refractivity (Wildman–Crippen MR) is 90.1 cm³/mol. The van der Waals surface area contributed by atoms with Gasteiger partial charge in [-0.15, -0.1) is 0 Å². The minimum absolute atomic E-state index is 0.0676. The van der Waals surface area contributed by atoms with Crippen LogP contribution in [0.5, 0.6) is 17.2 Å². The fourth-order valence-corrected chi connectivity index (χ4v) is 1.97. The number of nitrogens with one attached hydrogen (secondary N) is 1. The Hall–Kier alpha value is -3.28. The van der Waals surface area contributed by atoms with Crippen LogP contribution < -0.4 is 14.8 Å². The topological polar surface area (TPSA) is 84.9 Å². The number of hydrogen-bond donors (Lipinski definition) is 2. The van der Waals surface area contributed by atoms with Crippen molar-refractivity contribution >= 4 is 23.6 Å². The van der Waals surface area contributed by atoms with Crippen molar-refractivity contribution in [3.8, 4) is 17.2 Å². The van der Waals surface area contributed by atoms with Crippen molar-refractivity contribution in [2.24, 2.45) is 0 Å². The van der Waals surface area contributed by atoms with Gasteiger partial charge in [0.25, 0.3) is 0 Å². The zero-order valence-electron chi connectivity index (χ0n) is 13.3. The van der Waals surface area contributed by atoms with Crippen LogP contribution in [0.25, 0.3) is 6.08 Å². The number of amides is 1. The minimum atomic E-state index is -0.462. The molecule has 24 heavy (non-hydrogen) atoms. The lowest BCUT2D eigenvalue weighted by molar-refractivity contribution is -0.132. The number of phenolic OH excluding ortho intramolecular Hbond substituents is 1. The second-order valence-corrected chi connectivity index (χ2v) is 4.88. The molecule has 0 saturated carbocycles. The number of esters is 1. The lowest BCUT2D eigenvalue weighted by atomic mass is 10.2. The zero-order valence-corrected chi connectivity index (χ0v) is 13.3. The van der Waals surface area contributed by atoms with E-state index in [1.807, 2.05) is 0 Å². The fraction of sp³-hybridized carbons (Fsp3) is 0.111. The van der Waals surface area contributed by atoms with Gasteiger partial charge in [0.05, 0.1) is 7.11 Å². The maximum absolute atomic E-state index is 11.9. The van der Waals surface area contributed by atoms with Gasteiger partial charge in [0, 0.05) is 24.8 Å². The van der Waals surface area contributed by atoms with Crippen molar-refractivity contribution in [2.45, 2.75) is 6.92 Å². The lowest BCUT2D eigenvalue weighted by Crippen LogP contribution is -2.07. The second kappa shape index (κ2) is 7.82. The van der Waals surface area contributed by atoms with Gasteiger partial charge in [0.15, 0.2) is 11.5 Å². The molecule has 2 N–H and O–H groups in total. The maximum Gasteiger partial charge on any atom is 0.308 e. The summed E-state index contributed by atoms with van der Waals surface area (Å²) in [6.45, 7) is 1.30. The minimum Gasteiger partial charge on any atom is -0.508 e. The predicted octanol–water partition coefficient (Wildman–Crippen LogP) is 2.98. The molecule has 0 unspecified atom stereocenters. The van der Waals surface area contributed by atoms with Crippen molar-refractivity contribution < 1.29 is 24.2 Å². The molecule has 0 aliphatic rings. The molecule has 0 heterocycles. The molecule has 2 rings (SSSR count). The van der Waals surface area contributed by atoms with E-state index in [1.165, 1.54) is 32.2 Å². The summed E-state index contributed by atoms with van der Waals surface area (Å²) in [6.07, 6.45) is 2.91. The molecule has 0 spiro atoms. The molecule has 0 aliphatic heterocycles. The van der Waals surface area contributed by atoms with E-state index in [-0.39, 0.29) is 17.4 Å². The van der Waals surface area contributed by atoms with Gasteiger partial charge in [-0.3, -0.25) is 9.59 Å². The summed E-state index contributed by atoms with van der Waals surface area (Å²) in [5, 5.41) is 12.0. The van der Waals surface area contributed by atoms with Gasteiger partial charge >= 0.3 is 5.97 Å². The first-order valence-corrected chi connectivity index (χ1v) is 7.12. The quantitative estimate of drug-likeness (QED) is 0.501. The van der Waals surface area contributed by atoms with Gasteiger partial charge in [0.1, 0.15) is 5.75 Å². The van der Waals surface area contributed by atoms with E-state index in [1.54, 1.807) is 36.4 Å². The van der Waals surface area contributed by atoms with Crippen LogP contribution in [0.3, 0.4) is 0 Å². The van der Waals surface area contributed by atoms with Crippen molar-refractivity contribution in [3.63, 3.8) is 0 Å². The summed E-state index contributed by atoms with van der Waals surface area (Å²) in [7, 11) is 1.47. The van der Waals surface area contributed by atoms with Crippen LogP contribution in [-0.4, -0.2) is 24.1 Å². The molecule has 2 aromatic carbocycles. The molecule has 0 bridgehead atoms. The Bertz CT molecular complexity index is 783. The van der Waals surface area contributed by atoms with E-state index in [0.717, 1.165) is 0 Å². The smallest absolute Gasteiger partial charge is 0.308 e. The first-order valence-electron chi connectivity index (χ1n) is 7.12. The van der Waals surface area contributed by atoms with Crippen LogP contribution in [0, 0.1) is 0 Å². The number of carbonyl (C=O) groups excluding carboxylic acids is 2. The summed E-state index contributed by atoms with van der Waals surface area (Å²) in [5.41, 5.74) is 1.15. The number of ether oxygens (including phenoxy) is 2. The third-order valence-electron chi connectivity index (χ3n) is 2.98. The van der Waals surface area contributed by atoms with E-state index in [2.05, 4.69) is 5.32 Å². The summed E-state index contributed by atoms with van der Waals surface area (Å²) in [5.74, 6) is -0.0495. The molecule has 0 saturated heterocycles. The molecule has 0 atom stereocenters. The van der Waals surface area contributed by atoms with Crippen LogP contribution in [0.4, 0.5) is 5.69 Å². The Morgan fingerprint density at radius 2 is 1.92 bits per heavy atom. The normalized spacial score (nSPS) is 10.4. The average Bonchev–Trinajstić information content (AvgIpc) is 2.52. The van der Waals surface area contributed by atoms with E-state index < -0.39 is 5.97 Å². The summed E-state index contributed by atoms with van der Waals surface area (Å²) < 4.78 is 10.2. The first kappa shape index (κ1) is 17.1. The Labute approximate surface area is 139 Å². The lowest BCUT2D eigenvalue weighted by Gasteiger charge is -2.08. The fourth-order valence-electron chi connectivity index (χ4n) is 1.97. The maximum atomic E-state index is 11.9. The van der Waals surface area contributed by atoms with Crippen LogP contribution in [-0.2, 0) is 9.59 Å². The van der Waals surface area contributed by atoms with Crippen LogP contribution in [0.2, 0.25) is 0 Å². The largest absolute Gasteiger partial charge is 0.508 e. The third kappa shape index (κ3) is 4.88. The van der Waals surface area contributed by atoms with Gasteiger partial charge in [-0.25, -0.2) is 0 Å². The number of aromatic hydroxyl groups is 1. The average molecular weight is 327 g/mol. The van der Waals surface area contributed by atoms with Crippen LogP contribution in [0.15, 0.2) is 48.5 Å². The Balaban J connectivity index is 2.10. The summed E-state index contributed by atoms with van der Waals surface area (Å²) in [4.78, 5) is 23.0. The molecule has 124 valence electrons. The molecule has 6 heteroatoms. The molecule has 0 aliphatic carbocycles. The third-order valence-corrected chi connectivity index (χ3v) is 2.98. The van der Waals surface area contributed by atoms with Crippen molar-refractivity contribution in [3.05, 3.63) is 54.1 Å². The van der Waals surface area contributed by atoms with Crippen LogP contribution >= 0.6 is 0 Å². The number of rotatable bonds is 5. The summed E-state index contributed by atoms with van der Waals surface area (Å²) >= 11 is 0. The first-order chi connectivity index (χ1) is 11.5. The van der Waals surface area contributed by atoms with Crippen molar-refractivity contribution in [2.75, 3.05) is 12.4 Å². The number of benzene rings is 2. The molecular weight excluding hydrogens is 310 g/mol. The highest BCUT2D eigenvalue weighted by molar-refractivity contribution is 6.02. The number of carbonyl (C=O) groups is 2. The Kier molecular flexibility index (Phi) is 5.57. The van der Waals surface area contributed by atoms with Gasteiger partial charge in [-0.2, -0.15) is 0 Å². The number of anilines is 1. The molecule has 0 fully saturated rings. The highest BCUT2D eigenvalue weighted by atomic mass is 16.6. The molecule has 1 amide bonds. The molecule has 0 aromatic heterocycles. The van der Waals surface area contributed by atoms with Gasteiger partial charge < -0.3 is 19.9 Å². The van der Waals surface area contributed by atoms with E-state index in [0.29, 0.717) is 17.0 Å². The number of phenols is 1. The van der Waals surface area contributed by atoms with Gasteiger partial charge in [-0.1, -0.05) is 12.1 Å². The Morgan fingerprint density at radius 1 is 1.12 bits per heavy atom. The molecule has 2 aromatic rings. The molecule has 0 radical (unpaired) electrons. The number of hydrogen-bond acceptors (Lipinski definition) is 5. The molecule has 6 nitrogen and oxygen atoms in total. The SMILES string of the molecule is COc1ccc(C=CC(=O)Nc2cccc(O)c2)cc1OC(C)=O. The van der Waals surface area contributed by atoms with Crippen molar-refractivity contribution in [1.82, 2.24) is 0 Å². The zero-order chi connectivity index (χ0) is 17.5. The van der Waals surface area contributed by atoms with E-state index in [9.17, 15) is 14.7 Å². The van der Waals surface area contributed by atoms with E-state index >= 15 is 0 Å². The standard InChI is InChI=1S/C18H17NO5/c1-12(20)24-17-10-13(6-8-16(17)23-2)7-9-18(22)19-14-4-3-5-15(21)11-14/h3-11,21H,1-2H3,(H,19,22). The highest BCUT2D eigenvalue weighted by Crippen LogP contribution is 2.28. The van der Waals surface area contributed by atoms with E-state index in [4.69, 9.17) is 9.47 Å². The monoisotopic (exact) mass is 327 g/mol. The van der Waals surface area contributed by atoms with Crippen LogP contribution in [0.1, 0.15) is 12.5 Å². The van der Waals surface area contributed by atoms with Gasteiger partial charge in [-0.05, 0) is 35.9 Å². The Morgan fingerprint density at radius 3 is 2.58 bits per heavy atom. The second-order valence-electron chi connectivity index (χ2n) is 4.88. The highest BCUT2D eigenvalue weighted by Gasteiger charge is 2.07. The number of methoxy groups -OCH3 is 1. The summed E-state index contributed by atoms with van der Waals surface area (Å²) in [6, 6.07) is 11.2. The van der Waals surface area contributed by atoms with Gasteiger partial charge in [0.2, 0.25) is 5.91 Å². The molecular formula is C18H17NO5. The van der Waals surface area contributed by atoms with Crippen molar-refractivity contribution in [1.29, 1.82) is 0 Å².